The Morgan fingerprint density at radius 1 is 0.706 bits per heavy atom. The maximum absolute atomic E-state index is 11.7. The Labute approximate surface area is 207 Å². The zero-order chi connectivity index (χ0) is 23.6. The highest BCUT2D eigenvalue weighted by molar-refractivity contribution is 5.94. The molecule has 0 spiro atoms. The van der Waals surface area contributed by atoms with Crippen LogP contribution in [-0.4, -0.2) is 17.4 Å². The molecule has 2 heteroatoms. The highest BCUT2D eigenvalue weighted by Gasteiger charge is 2.21. The van der Waals surface area contributed by atoms with Crippen molar-refractivity contribution in [2.45, 2.75) is 115 Å². The highest BCUT2D eigenvalue weighted by atomic mass is 16.3. The summed E-state index contributed by atoms with van der Waals surface area (Å²) in [7, 11) is 0. The molecular weight excluding hydrogens is 414 g/mol. The van der Waals surface area contributed by atoms with E-state index in [0.29, 0.717) is 17.7 Å². The van der Waals surface area contributed by atoms with Crippen LogP contribution in [0.25, 0.3) is 11.1 Å². The van der Waals surface area contributed by atoms with Gasteiger partial charge in [0.1, 0.15) is 5.75 Å². The third-order valence-electron chi connectivity index (χ3n) is 8.28. The Morgan fingerprint density at radius 2 is 1.29 bits per heavy atom. The van der Waals surface area contributed by atoms with Crippen LogP contribution in [0, 0.1) is 5.92 Å². The monoisotopic (exact) mass is 459 g/mol. The van der Waals surface area contributed by atoms with Gasteiger partial charge in [0.15, 0.2) is 0 Å². The van der Waals surface area contributed by atoms with Gasteiger partial charge in [-0.1, -0.05) is 107 Å². The molecule has 0 saturated heterocycles. The Balaban J connectivity index is 1.62. The topological polar surface area (TPSA) is 32.6 Å². The van der Waals surface area contributed by atoms with E-state index in [-0.39, 0.29) is 0 Å². The second kappa shape index (κ2) is 13.1. The van der Waals surface area contributed by atoms with Crippen LogP contribution < -0.4 is 0 Å². The van der Waals surface area contributed by atoms with E-state index in [1.54, 1.807) is 0 Å². The minimum Gasteiger partial charge on any atom is -0.507 e. The molecule has 2 aromatic rings. The van der Waals surface area contributed by atoms with E-state index < -0.39 is 0 Å². The van der Waals surface area contributed by atoms with Crippen LogP contribution in [0.15, 0.2) is 47.5 Å². The predicted octanol–water partition coefficient (Wildman–Crippen LogP) is 9.45. The smallest absolute Gasteiger partial charge is 0.128 e. The van der Waals surface area contributed by atoms with Crippen molar-refractivity contribution in [3.8, 4) is 16.9 Å². The molecule has 4 rings (SSSR count). The van der Waals surface area contributed by atoms with Gasteiger partial charge in [-0.05, 0) is 67.1 Å². The van der Waals surface area contributed by atoms with Crippen molar-refractivity contribution in [2.75, 3.05) is 0 Å². The minimum absolute atomic E-state index is 0.393. The van der Waals surface area contributed by atoms with Crippen molar-refractivity contribution in [2.24, 2.45) is 10.9 Å². The van der Waals surface area contributed by atoms with Crippen LogP contribution in [0.3, 0.4) is 0 Å². The van der Waals surface area contributed by atoms with Gasteiger partial charge in [-0.15, -0.1) is 0 Å². The molecule has 1 N–H and O–H groups in total. The highest BCUT2D eigenvalue weighted by Crippen LogP contribution is 2.40. The van der Waals surface area contributed by atoms with Gasteiger partial charge in [-0.3, -0.25) is 4.99 Å². The molecule has 0 unspecified atom stereocenters. The standard InChI is InChI=1S/C32H45NO/c1-25-18-20-28(21-19-25)33-24-31-29(26-14-12-9-13-15-26)22-23-30(32(31)34)27-16-10-7-5-3-2-4-6-8-11-17-27/h9,12-15,22-25,27-28,34H,2-8,10-11,16-21H2,1H3. The summed E-state index contributed by atoms with van der Waals surface area (Å²) in [5, 5.41) is 11.7. The Morgan fingerprint density at radius 3 is 1.91 bits per heavy atom. The second-order valence-corrected chi connectivity index (χ2v) is 11.0. The maximum Gasteiger partial charge on any atom is 0.128 e. The molecule has 2 fully saturated rings. The quantitative estimate of drug-likeness (QED) is 0.454. The van der Waals surface area contributed by atoms with E-state index in [1.807, 2.05) is 6.21 Å². The van der Waals surface area contributed by atoms with E-state index in [0.717, 1.165) is 28.2 Å². The molecule has 0 radical (unpaired) electrons. The van der Waals surface area contributed by atoms with Crippen LogP contribution in [0.2, 0.25) is 0 Å². The van der Waals surface area contributed by atoms with Crippen molar-refractivity contribution >= 4 is 6.21 Å². The summed E-state index contributed by atoms with van der Waals surface area (Å²) in [5.41, 5.74) is 4.33. The molecule has 2 saturated carbocycles. The summed E-state index contributed by atoms with van der Waals surface area (Å²) in [5.74, 6) is 1.75. The van der Waals surface area contributed by atoms with Crippen molar-refractivity contribution in [1.29, 1.82) is 0 Å². The number of aliphatic imine (C=N–C) groups is 1. The van der Waals surface area contributed by atoms with Crippen LogP contribution in [-0.2, 0) is 0 Å². The van der Waals surface area contributed by atoms with Crippen molar-refractivity contribution in [3.63, 3.8) is 0 Å². The van der Waals surface area contributed by atoms with Gasteiger partial charge in [0.05, 0.1) is 0 Å². The average molecular weight is 460 g/mol. The zero-order valence-corrected chi connectivity index (χ0v) is 21.4. The Hall–Kier alpha value is -2.09. The lowest BCUT2D eigenvalue weighted by Gasteiger charge is -2.24. The first-order valence-corrected chi connectivity index (χ1v) is 14.2. The number of hydrogen-bond acceptors (Lipinski definition) is 2. The minimum atomic E-state index is 0.393. The van der Waals surface area contributed by atoms with Gasteiger partial charge in [-0.25, -0.2) is 0 Å². The molecule has 2 nitrogen and oxygen atoms in total. The fourth-order valence-electron chi connectivity index (χ4n) is 6.00. The zero-order valence-electron chi connectivity index (χ0n) is 21.4. The van der Waals surface area contributed by atoms with E-state index in [1.165, 1.54) is 96.3 Å². The number of aromatic hydroxyl groups is 1. The number of phenolic OH excluding ortho intramolecular Hbond substituents is 1. The van der Waals surface area contributed by atoms with Gasteiger partial charge in [0.2, 0.25) is 0 Å². The summed E-state index contributed by atoms with van der Waals surface area (Å²) in [6.07, 6.45) is 21.4. The molecule has 0 aliphatic heterocycles. The molecule has 2 aliphatic carbocycles. The molecule has 34 heavy (non-hydrogen) atoms. The fourth-order valence-corrected chi connectivity index (χ4v) is 6.00. The number of nitrogens with zero attached hydrogens (tertiary/aromatic N) is 1. The summed E-state index contributed by atoms with van der Waals surface area (Å²) < 4.78 is 0. The van der Waals surface area contributed by atoms with Crippen molar-refractivity contribution in [3.05, 3.63) is 53.6 Å². The molecule has 0 bridgehead atoms. The molecule has 0 atom stereocenters. The lowest BCUT2D eigenvalue weighted by molar-refractivity contribution is 0.350. The van der Waals surface area contributed by atoms with E-state index in [2.05, 4.69) is 49.4 Å². The van der Waals surface area contributed by atoms with Crippen LogP contribution in [0.4, 0.5) is 0 Å². The molecule has 2 aromatic carbocycles. The van der Waals surface area contributed by atoms with Gasteiger partial charge in [-0.2, -0.15) is 0 Å². The van der Waals surface area contributed by atoms with Crippen LogP contribution in [0.5, 0.6) is 5.75 Å². The van der Waals surface area contributed by atoms with Crippen molar-refractivity contribution < 1.29 is 5.11 Å². The summed E-state index contributed by atoms with van der Waals surface area (Å²) in [6, 6.07) is 15.4. The van der Waals surface area contributed by atoms with Gasteiger partial charge in [0.25, 0.3) is 0 Å². The fraction of sp³-hybridized carbons (Fsp3) is 0.594. The van der Waals surface area contributed by atoms with Gasteiger partial charge < -0.3 is 5.11 Å². The van der Waals surface area contributed by atoms with Crippen LogP contribution in [0.1, 0.15) is 120 Å². The third-order valence-corrected chi connectivity index (χ3v) is 8.28. The molecule has 0 heterocycles. The lowest BCUT2D eigenvalue weighted by atomic mass is 9.84. The van der Waals surface area contributed by atoms with E-state index in [4.69, 9.17) is 4.99 Å². The van der Waals surface area contributed by atoms with Gasteiger partial charge in [0, 0.05) is 17.8 Å². The number of phenols is 1. The summed E-state index contributed by atoms with van der Waals surface area (Å²) in [4.78, 5) is 5.02. The van der Waals surface area contributed by atoms with Gasteiger partial charge >= 0.3 is 0 Å². The molecule has 0 aromatic heterocycles. The average Bonchev–Trinajstić information content (AvgIpc) is 2.85. The first kappa shape index (κ1) is 25.0. The molecule has 184 valence electrons. The number of benzene rings is 2. The predicted molar refractivity (Wildman–Crippen MR) is 146 cm³/mol. The largest absolute Gasteiger partial charge is 0.507 e. The summed E-state index contributed by atoms with van der Waals surface area (Å²) >= 11 is 0. The Kier molecular flexibility index (Phi) is 9.65. The maximum atomic E-state index is 11.7. The van der Waals surface area contributed by atoms with Crippen LogP contribution >= 0.6 is 0 Å². The number of hydrogen-bond donors (Lipinski definition) is 1. The lowest BCUT2D eigenvalue weighted by Crippen LogP contribution is -2.15. The Bertz CT molecular complexity index is 883. The normalized spacial score (nSPS) is 23.9. The van der Waals surface area contributed by atoms with E-state index >= 15 is 0 Å². The third kappa shape index (κ3) is 6.96. The first-order valence-electron chi connectivity index (χ1n) is 14.2. The second-order valence-electron chi connectivity index (χ2n) is 11.0. The first-order chi connectivity index (χ1) is 16.7. The van der Waals surface area contributed by atoms with Crippen molar-refractivity contribution in [1.82, 2.24) is 0 Å². The molecular formula is C32H45NO. The summed E-state index contributed by atoms with van der Waals surface area (Å²) in [6.45, 7) is 2.35. The molecule has 0 amide bonds. The van der Waals surface area contributed by atoms with E-state index in [9.17, 15) is 5.11 Å². The molecule has 2 aliphatic rings. The SMILES string of the molecule is CC1CCC(N=Cc2c(-c3ccccc3)ccc(C3CCCCCCCCCCC3)c2O)CC1. The number of rotatable bonds is 4.